The SMILES string of the molecule is Fc1ccc2oc(NCCCn3cnc4ccccc43)nc2c1. The quantitative estimate of drug-likeness (QED) is 0.569. The van der Waals surface area contributed by atoms with E-state index in [-0.39, 0.29) is 5.82 Å². The molecule has 0 unspecified atom stereocenters. The number of para-hydroxylation sites is 2. The van der Waals surface area contributed by atoms with Crippen molar-refractivity contribution >= 4 is 28.1 Å². The van der Waals surface area contributed by atoms with Crippen LogP contribution in [0, 0.1) is 5.82 Å². The van der Waals surface area contributed by atoms with Crippen molar-refractivity contribution in [2.24, 2.45) is 0 Å². The van der Waals surface area contributed by atoms with Gasteiger partial charge in [0.15, 0.2) is 5.58 Å². The molecule has 116 valence electrons. The Labute approximate surface area is 131 Å². The number of halogens is 1. The fraction of sp³-hybridized carbons (Fsp3) is 0.176. The minimum absolute atomic E-state index is 0.315. The summed E-state index contributed by atoms with van der Waals surface area (Å²) in [6.07, 6.45) is 2.75. The molecule has 2 aromatic carbocycles. The number of aryl methyl sites for hydroxylation is 1. The van der Waals surface area contributed by atoms with Crippen LogP contribution in [0.4, 0.5) is 10.4 Å². The predicted octanol–water partition coefficient (Wildman–Crippen LogP) is 3.82. The number of nitrogens with one attached hydrogen (secondary N) is 1. The molecule has 0 aliphatic carbocycles. The third kappa shape index (κ3) is 2.75. The summed E-state index contributed by atoms with van der Waals surface area (Å²) in [6.45, 7) is 1.56. The van der Waals surface area contributed by atoms with Crippen molar-refractivity contribution in [3.05, 3.63) is 54.6 Å². The van der Waals surface area contributed by atoms with Gasteiger partial charge in [0, 0.05) is 19.2 Å². The van der Waals surface area contributed by atoms with E-state index in [0.29, 0.717) is 23.7 Å². The Bertz CT molecular complexity index is 959. The van der Waals surface area contributed by atoms with Crippen molar-refractivity contribution in [3.63, 3.8) is 0 Å². The number of imidazole rings is 1. The van der Waals surface area contributed by atoms with E-state index in [4.69, 9.17) is 4.42 Å². The monoisotopic (exact) mass is 310 g/mol. The number of oxazole rings is 1. The molecular formula is C17H15FN4O. The van der Waals surface area contributed by atoms with Crippen molar-refractivity contribution in [2.75, 3.05) is 11.9 Å². The minimum Gasteiger partial charge on any atom is -0.424 e. The first-order valence-electron chi connectivity index (χ1n) is 7.49. The summed E-state index contributed by atoms with van der Waals surface area (Å²) < 4.78 is 20.8. The molecule has 0 aliphatic heterocycles. The van der Waals surface area contributed by atoms with Gasteiger partial charge in [-0.2, -0.15) is 4.98 Å². The first-order chi connectivity index (χ1) is 11.3. The molecule has 2 aromatic heterocycles. The average molecular weight is 310 g/mol. The highest BCUT2D eigenvalue weighted by Crippen LogP contribution is 2.19. The summed E-state index contributed by atoms with van der Waals surface area (Å²) in [5.74, 6) is -0.315. The van der Waals surface area contributed by atoms with Crippen LogP contribution in [0.3, 0.4) is 0 Å². The lowest BCUT2D eigenvalue weighted by Gasteiger charge is -2.04. The minimum atomic E-state index is -0.315. The largest absolute Gasteiger partial charge is 0.424 e. The molecule has 0 radical (unpaired) electrons. The van der Waals surface area contributed by atoms with Gasteiger partial charge < -0.3 is 14.3 Å². The lowest BCUT2D eigenvalue weighted by molar-refractivity contribution is 0.601. The number of anilines is 1. The summed E-state index contributed by atoms with van der Waals surface area (Å²) in [5, 5.41) is 3.13. The zero-order chi connectivity index (χ0) is 15.6. The van der Waals surface area contributed by atoms with Gasteiger partial charge in [0.05, 0.1) is 17.4 Å². The maximum Gasteiger partial charge on any atom is 0.295 e. The molecule has 23 heavy (non-hydrogen) atoms. The zero-order valence-electron chi connectivity index (χ0n) is 12.4. The normalized spacial score (nSPS) is 11.3. The van der Waals surface area contributed by atoms with Gasteiger partial charge in [-0.05, 0) is 30.7 Å². The average Bonchev–Trinajstić information content (AvgIpc) is 3.15. The number of hydrogen-bond donors (Lipinski definition) is 1. The molecule has 6 heteroatoms. The number of fused-ring (bicyclic) bond motifs is 2. The van der Waals surface area contributed by atoms with Gasteiger partial charge in [-0.3, -0.25) is 0 Å². The molecule has 5 nitrogen and oxygen atoms in total. The van der Waals surface area contributed by atoms with Crippen LogP contribution in [-0.2, 0) is 6.54 Å². The lowest BCUT2D eigenvalue weighted by atomic mass is 10.3. The Morgan fingerprint density at radius 3 is 3.00 bits per heavy atom. The summed E-state index contributed by atoms with van der Waals surface area (Å²) >= 11 is 0. The molecule has 0 aliphatic rings. The zero-order valence-corrected chi connectivity index (χ0v) is 12.4. The second kappa shape index (κ2) is 5.72. The van der Waals surface area contributed by atoms with Crippen molar-refractivity contribution in [3.8, 4) is 0 Å². The fourth-order valence-corrected chi connectivity index (χ4v) is 2.61. The van der Waals surface area contributed by atoms with E-state index in [9.17, 15) is 4.39 Å². The van der Waals surface area contributed by atoms with Crippen LogP contribution in [0.15, 0.2) is 53.2 Å². The van der Waals surface area contributed by atoms with Crippen LogP contribution in [0.2, 0.25) is 0 Å². The van der Waals surface area contributed by atoms with Crippen LogP contribution in [-0.4, -0.2) is 21.1 Å². The van der Waals surface area contributed by atoms with Crippen LogP contribution >= 0.6 is 0 Å². The van der Waals surface area contributed by atoms with E-state index >= 15 is 0 Å². The van der Waals surface area contributed by atoms with Crippen molar-refractivity contribution in [1.82, 2.24) is 14.5 Å². The van der Waals surface area contributed by atoms with Crippen LogP contribution in [0.5, 0.6) is 0 Å². The molecule has 0 amide bonds. The van der Waals surface area contributed by atoms with E-state index in [0.717, 1.165) is 24.0 Å². The molecule has 2 heterocycles. The molecule has 1 N–H and O–H groups in total. The Kier molecular flexibility index (Phi) is 3.42. The molecule has 0 saturated heterocycles. The van der Waals surface area contributed by atoms with E-state index in [1.54, 1.807) is 6.07 Å². The second-order valence-corrected chi connectivity index (χ2v) is 5.34. The highest BCUT2D eigenvalue weighted by Gasteiger charge is 2.06. The Hall–Kier alpha value is -2.89. The molecule has 4 rings (SSSR count). The predicted molar refractivity (Wildman–Crippen MR) is 86.8 cm³/mol. The number of aromatic nitrogens is 3. The number of benzene rings is 2. The van der Waals surface area contributed by atoms with E-state index in [1.165, 1.54) is 12.1 Å². The maximum atomic E-state index is 13.1. The first-order valence-corrected chi connectivity index (χ1v) is 7.49. The summed E-state index contributed by atoms with van der Waals surface area (Å²) in [6, 6.07) is 12.8. The maximum absolute atomic E-state index is 13.1. The number of rotatable bonds is 5. The Balaban J connectivity index is 1.37. The fourth-order valence-electron chi connectivity index (χ4n) is 2.61. The Morgan fingerprint density at radius 2 is 2.04 bits per heavy atom. The Morgan fingerprint density at radius 1 is 1.13 bits per heavy atom. The van der Waals surface area contributed by atoms with E-state index in [2.05, 4.69) is 25.9 Å². The molecular weight excluding hydrogens is 295 g/mol. The topological polar surface area (TPSA) is 55.9 Å². The number of nitrogens with zero attached hydrogens (tertiary/aromatic N) is 3. The first kappa shape index (κ1) is 13.8. The standard InChI is InChI=1S/C17H15FN4O/c18-12-6-7-16-14(10-12)21-17(23-16)19-8-3-9-22-11-20-13-4-1-2-5-15(13)22/h1-2,4-7,10-11H,3,8-9H2,(H,19,21). The van der Waals surface area contributed by atoms with Crippen molar-refractivity contribution < 1.29 is 8.81 Å². The summed E-state index contributed by atoms with van der Waals surface area (Å²) in [4.78, 5) is 8.59. The summed E-state index contributed by atoms with van der Waals surface area (Å²) in [5.41, 5.74) is 3.23. The number of hydrogen-bond acceptors (Lipinski definition) is 4. The van der Waals surface area contributed by atoms with Gasteiger partial charge in [-0.25, -0.2) is 9.37 Å². The molecule has 0 bridgehead atoms. The molecule has 0 fully saturated rings. The molecule has 4 aromatic rings. The summed E-state index contributed by atoms with van der Waals surface area (Å²) in [7, 11) is 0. The van der Waals surface area contributed by atoms with E-state index in [1.807, 2.05) is 24.5 Å². The smallest absolute Gasteiger partial charge is 0.295 e. The molecule has 0 atom stereocenters. The van der Waals surface area contributed by atoms with Crippen LogP contribution in [0.25, 0.3) is 22.1 Å². The van der Waals surface area contributed by atoms with Crippen molar-refractivity contribution in [2.45, 2.75) is 13.0 Å². The van der Waals surface area contributed by atoms with Crippen molar-refractivity contribution in [1.29, 1.82) is 0 Å². The van der Waals surface area contributed by atoms with Gasteiger partial charge >= 0.3 is 0 Å². The second-order valence-electron chi connectivity index (χ2n) is 5.34. The third-order valence-corrected chi connectivity index (χ3v) is 3.73. The van der Waals surface area contributed by atoms with Gasteiger partial charge in [-0.1, -0.05) is 12.1 Å². The van der Waals surface area contributed by atoms with Gasteiger partial charge in [0.25, 0.3) is 6.01 Å². The highest BCUT2D eigenvalue weighted by molar-refractivity contribution is 5.75. The van der Waals surface area contributed by atoms with Gasteiger partial charge in [0.1, 0.15) is 11.3 Å². The third-order valence-electron chi connectivity index (χ3n) is 3.73. The van der Waals surface area contributed by atoms with Crippen LogP contribution < -0.4 is 5.32 Å². The van der Waals surface area contributed by atoms with E-state index < -0.39 is 0 Å². The molecule has 0 spiro atoms. The van der Waals surface area contributed by atoms with Gasteiger partial charge in [0.2, 0.25) is 0 Å². The van der Waals surface area contributed by atoms with Gasteiger partial charge in [-0.15, -0.1) is 0 Å². The molecule has 0 saturated carbocycles. The highest BCUT2D eigenvalue weighted by atomic mass is 19.1. The van der Waals surface area contributed by atoms with Crippen LogP contribution in [0.1, 0.15) is 6.42 Å². The lowest BCUT2D eigenvalue weighted by Crippen LogP contribution is -2.06.